The van der Waals surface area contributed by atoms with Crippen molar-refractivity contribution in [1.82, 2.24) is 0 Å². The van der Waals surface area contributed by atoms with E-state index in [1.165, 1.54) is 36.8 Å². The molecule has 0 saturated heterocycles. The van der Waals surface area contributed by atoms with Gasteiger partial charge in [-0.15, -0.1) is 0 Å². The van der Waals surface area contributed by atoms with Crippen LogP contribution < -0.4 is 0 Å². The second-order valence-corrected chi connectivity index (χ2v) is 5.27. The van der Waals surface area contributed by atoms with Crippen molar-refractivity contribution in [3.8, 4) is 0 Å². The van der Waals surface area contributed by atoms with Crippen LogP contribution in [0.5, 0.6) is 0 Å². The molecule has 0 N–H and O–H groups in total. The summed E-state index contributed by atoms with van der Waals surface area (Å²) in [5, 5.41) is 0.872. The highest BCUT2D eigenvalue weighted by Gasteiger charge is 2.12. The number of halogens is 1. The van der Waals surface area contributed by atoms with Gasteiger partial charge in [0, 0.05) is 5.02 Å². The van der Waals surface area contributed by atoms with Crippen molar-refractivity contribution in [3.63, 3.8) is 0 Å². The van der Waals surface area contributed by atoms with Gasteiger partial charge in [0.15, 0.2) is 0 Å². The molecule has 0 atom stereocenters. The molecule has 1 aromatic rings. The Kier molecular flexibility index (Phi) is 3.70. The van der Waals surface area contributed by atoms with Crippen molar-refractivity contribution in [1.29, 1.82) is 0 Å². The summed E-state index contributed by atoms with van der Waals surface area (Å²) in [7, 11) is 0. The Labute approximate surface area is 103 Å². The molecule has 0 aromatic heterocycles. The average Bonchev–Trinajstić information content (AvgIpc) is 2.74. The molecule has 0 heterocycles. The zero-order valence-corrected chi connectivity index (χ0v) is 10.8. The number of benzene rings is 1. The van der Waals surface area contributed by atoms with E-state index >= 15 is 0 Å². The van der Waals surface area contributed by atoms with Crippen molar-refractivity contribution in [2.24, 2.45) is 5.92 Å². The molecule has 1 aliphatic carbocycles. The number of hydrogen-bond acceptors (Lipinski definition) is 0. The van der Waals surface area contributed by atoms with E-state index in [0.29, 0.717) is 0 Å². The lowest BCUT2D eigenvalue weighted by molar-refractivity contribution is 0.687. The van der Waals surface area contributed by atoms with Crippen molar-refractivity contribution >= 4 is 17.2 Å². The molecular formula is C15H19Cl. The molecule has 1 saturated carbocycles. The summed E-state index contributed by atoms with van der Waals surface area (Å²) in [5.74, 6) is 0.792. The van der Waals surface area contributed by atoms with Gasteiger partial charge in [0.2, 0.25) is 0 Å². The van der Waals surface area contributed by atoms with Crippen LogP contribution in [0.25, 0.3) is 5.57 Å². The molecule has 16 heavy (non-hydrogen) atoms. The molecule has 2 rings (SSSR count). The monoisotopic (exact) mass is 234 g/mol. The molecule has 0 bridgehead atoms. The van der Waals surface area contributed by atoms with Crippen LogP contribution in [0.15, 0.2) is 24.3 Å². The highest BCUT2D eigenvalue weighted by atomic mass is 35.5. The first-order valence-corrected chi connectivity index (χ1v) is 6.49. The van der Waals surface area contributed by atoms with Crippen LogP contribution in [0.1, 0.15) is 43.7 Å². The Bertz CT molecular complexity index is 398. The fraction of sp³-hybridized carbons (Fsp3) is 0.467. The molecule has 1 aliphatic rings. The van der Waals surface area contributed by atoms with Gasteiger partial charge in [0.25, 0.3) is 0 Å². The van der Waals surface area contributed by atoms with E-state index in [-0.39, 0.29) is 0 Å². The van der Waals surface area contributed by atoms with Crippen LogP contribution in [0.3, 0.4) is 0 Å². The lowest BCUT2D eigenvalue weighted by Gasteiger charge is -2.08. The number of allylic oxidation sites excluding steroid dienone is 2. The van der Waals surface area contributed by atoms with E-state index in [9.17, 15) is 0 Å². The van der Waals surface area contributed by atoms with Crippen molar-refractivity contribution < 1.29 is 0 Å². The van der Waals surface area contributed by atoms with E-state index in [0.717, 1.165) is 16.5 Å². The van der Waals surface area contributed by atoms with Gasteiger partial charge in [-0.25, -0.2) is 0 Å². The second kappa shape index (κ2) is 5.05. The molecular weight excluding hydrogens is 216 g/mol. The van der Waals surface area contributed by atoms with Gasteiger partial charge in [0.05, 0.1) is 0 Å². The van der Waals surface area contributed by atoms with Crippen LogP contribution in [0.2, 0.25) is 5.02 Å². The minimum atomic E-state index is 0.792. The average molecular weight is 235 g/mol. The minimum Gasteiger partial charge on any atom is -0.0840 e. The third-order valence-electron chi connectivity index (χ3n) is 3.51. The maximum atomic E-state index is 6.15. The lowest BCUT2D eigenvalue weighted by Crippen LogP contribution is -1.89. The fourth-order valence-corrected chi connectivity index (χ4v) is 2.59. The van der Waals surface area contributed by atoms with Crippen molar-refractivity contribution in [2.75, 3.05) is 0 Å². The summed E-state index contributed by atoms with van der Waals surface area (Å²) < 4.78 is 0. The molecule has 1 aromatic carbocycles. The third kappa shape index (κ3) is 2.68. The molecule has 86 valence electrons. The fourth-order valence-electron chi connectivity index (χ4n) is 2.41. The van der Waals surface area contributed by atoms with Gasteiger partial charge in [-0.05, 0) is 55.4 Å². The highest BCUT2D eigenvalue weighted by molar-refractivity contribution is 6.31. The SMILES string of the molecule is C/C(=C\C1CCCC1)c1ccc(C)c(Cl)c1. The van der Waals surface area contributed by atoms with Gasteiger partial charge in [-0.1, -0.05) is 42.7 Å². The van der Waals surface area contributed by atoms with Crippen molar-refractivity contribution in [3.05, 3.63) is 40.4 Å². The summed E-state index contributed by atoms with van der Waals surface area (Å²) in [6.07, 6.45) is 7.92. The zero-order valence-electron chi connectivity index (χ0n) is 10.1. The van der Waals surface area contributed by atoms with Crippen LogP contribution >= 0.6 is 11.6 Å². The highest BCUT2D eigenvalue weighted by Crippen LogP contribution is 2.29. The van der Waals surface area contributed by atoms with Crippen LogP contribution in [0, 0.1) is 12.8 Å². The van der Waals surface area contributed by atoms with Crippen LogP contribution in [0.4, 0.5) is 0 Å². The van der Waals surface area contributed by atoms with E-state index in [2.05, 4.69) is 31.2 Å². The molecule has 0 radical (unpaired) electrons. The van der Waals surface area contributed by atoms with E-state index in [1.54, 1.807) is 0 Å². The van der Waals surface area contributed by atoms with Gasteiger partial charge in [0.1, 0.15) is 0 Å². The first-order chi connectivity index (χ1) is 7.66. The summed E-state index contributed by atoms with van der Waals surface area (Å²) in [4.78, 5) is 0. The first-order valence-electron chi connectivity index (χ1n) is 6.12. The number of rotatable bonds is 2. The quantitative estimate of drug-likeness (QED) is 0.656. The predicted molar refractivity (Wildman–Crippen MR) is 71.8 cm³/mol. The van der Waals surface area contributed by atoms with E-state index in [1.807, 2.05) is 6.92 Å². The zero-order chi connectivity index (χ0) is 11.5. The number of aryl methyl sites for hydroxylation is 1. The minimum absolute atomic E-state index is 0.792. The van der Waals surface area contributed by atoms with Gasteiger partial charge in [-0.2, -0.15) is 0 Å². The maximum Gasteiger partial charge on any atom is 0.0441 e. The predicted octanol–water partition coefficient (Wildman–Crippen LogP) is 5.24. The molecule has 1 fully saturated rings. The molecule has 0 amide bonds. The van der Waals surface area contributed by atoms with E-state index in [4.69, 9.17) is 11.6 Å². The van der Waals surface area contributed by atoms with Crippen molar-refractivity contribution in [2.45, 2.75) is 39.5 Å². The Morgan fingerprint density at radius 1 is 1.31 bits per heavy atom. The molecule has 0 spiro atoms. The summed E-state index contributed by atoms with van der Waals surface area (Å²) in [6.45, 7) is 4.24. The molecule has 1 heteroatoms. The summed E-state index contributed by atoms with van der Waals surface area (Å²) >= 11 is 6.15. The number of hydrogen-bond donors (Lipinski definition) is 0. The Morgan fingerprint density at radius 3 is 2.62 bits per heavy atom. The molecule has 0 unspecified atom stereocenters. The van der Waals surface area contributed by atoms with Gasteiger partial charge >= 0.3 is 0 Å². The first kappa shape index (κ1) is 11.7. The topological polar surface area (TPSA) is 0 Å². The van der Waals surface area contributed by atoms with Crippen LogP contribution in [-0.2, 0) is 0 Å². The molecule has 0 nitrogen and oxygen atoms in total. The Balaban J connectivity index is 2.19. The third-order valence-corrected chi connectivity index (χ3v) is 3.92. The Morgan fingerprint density at radius 2 is 2.00 bits per heavy atom. The Hall–Kier alpha value is -0.750. The standard InChI is InChI=1S/C15H19Cl/c1-11-7-8-14(10-15(11)16)12(2)9-13-5-3-4-6-13/h7-10,13H,3-6H2,1-2H3/b12-9+. The summed E-state index contributed by atoms with van der Waals surface area (Å²) in [6, 6.07) is 6.35. The summed E-state index contributed by atoms with van der Waals surface area (Å²) in [5.41, 5.74) is 3.79. The largest absolute Gasteiger partial charge is 0.0840 e. The second-order valence-electron chi connectivity index (χ2n) is 4.86. The normalized spacial score (nSPS) is 18.1. The smallest absolute Gasteiger partial charge is 0.0441 e. The van der Waals surface area contributed by atoms with Crippen LogP contribution in [-0.4, -0.2) is 0 Å². The van der Waals surface area contributed by atoms with E-state index < -0.39 is 0 Å². The van der Waals surface area contributed by atoms with Gasteiger partial charge in [-0.3, -0.25) is 0 Å². The molecule has 0 aliphatic heterocycles. The lowest BCUT2D eigenvalue weighted by atomic mass is 9.99. The van der Waals surface area contributed by atoms with Gasteiger partial charge < -0.3 is 0 Å². The maximum absolute atomic E-state index is 6.15.